The molecule has 1 aliphatic heterocycles. The summed E-state index contributed by atoms with van der Waals surface area (Å²) in [6, 6.07) is 5.55. The van der Waals surface area contributed by atoms with Crippen LogP contribution in [0.4, 0.5) is 4.39 Å². The predicted molar refractivity (Wildman–Crippen MR) is 149 cm³/mol. The first-order chi connectivity index (χ1) is 17.7. The molecule has 3 unspecified atom stereocenters. The Morgan fingerprint density at radius 3 is 2.62 bits per heavy atom. The molecule has 1 aromatic rings. The highest BCUT2D eigenvalue weighted by Gasteiger charge is 2.24. The molecule has 1 fully saturated rings. The van der Waals surface area contributed by atoms with Gasteiger partial charge in [-0.3, -0.25) is 9.79 Å². The van der Waals surface area contributed by atoms with Crippen LogP contribution in [0.5, 0.6) is 0 Å². The van der Waals surface area contributed by atoms with Gasteiger partial charge in [0.25, 0.3) is 0 Å². The van der Waals surface area contributed by atoms with Gasteiger partial charge < -0.3 is 5.32 Å². The number of allylic oxidation sites excluding steroid dienone is 5. The topological polar surface area (TPSA) is 75.6 Å². The van der Waals surface area contributed by atoms with Crippen molar-refractivity contribution in [2.45, 2.75) is 76.4 Å². The lowest BCUT2D eigenvalue weighted by Crippen LogP contribution is -2.28. The van der Waals surface area contributed by atoms with Gasteiger partial charge in [-0.25, -0.2) is 12.8 Å². The Morgan fingerprint density at radius 1 is 1.11 bits per heavy atom. The molecule has 7 heteroatoms. The molecular formula is C30H39FN2O3S. The highest BCUT2D eigenvalue weighted by molar-refractivity contribution is 7.91. The van der Waals surface area contributed by atoms with E-state index in [2.05, 4.69) is 22.5 Å². The lowest BCUT2D eigenvalue weighted by molar-refractivity contribution is -0.117. The van der Waals surface area contributed by atoms with Gasteiger partial charge in [0.15, 0.2) is 0 Å². The van der Waals surface area contributed by atoms with Crippen LogP contribution in [-0.2, 0) is 21.1 Å². The second-order valence-electron chi connectivity index (χ2n) is 10.9. The highest BCUT2D eigenvalue weighted by Crippen LogP contribution is 2.35. The molecule has 0 radical (unpaired) electrons. The van der Waals surface area contributed by atoms with Crippen LogP contribution >= 0.6 is 0 Å². The van der Waals surface area contributed by atoms with E-state index < -0.39 is 9.84 Å². The van der Waals surface area contributed by atoms with Crippen LogP contribution in [0.2, 0.25) is 0 Å². The molecule has 1 N–H and O–H groups in total. The van der Waals surface area contributed by atoms with E-state index in [1.165, 1.54) is 13.2 Å². The third-order valence-corrected chi connectivity index (χ3v) is 9.56. The minimum absolute atomic E-state index is 0.155. The number of rotatable bonds is 4. The normalized spacial score (nSPS) is 25.2. The molecule has 1 heterocycles. The van der Waals surface area contributed by atoms with E-state index in [9.17, 15) is 13.2 Å². The molecular weight excluding hydrogens is 487 g/mol. The molecule has 5 nitrogen and oxygen atoms in total. The average molecular weight is 527 g/mol. The average Bonchev–Trinajstić information content (AvgIpc) is 2.93. The first-order valence-electron chi connectivity index (χ1n) is 13.6. The van der Waals surface area contributed by atoms with E-state index in [-0.39, 0.29) is 17.0 Å². The Morgan fingerprint density at radius 2 is 1.86 bits per heavy atom. The first kappa shape index (κ1) is 27.5. The summed E-state index contributed by atoms with van der Waals surface area (Å²) < 4.78 is 39.5. The van der Waals surface area contributed by atoms with Crippen molar-refractivity contribution in [1.29, 1.82) is 0 Å². The number of aliphatic imine (C=N–C) groups is 1. The predicted octanol–water partition coefficient (Wildman–Crippen LogP) is 5.97. The second kappa shape index (κ2) is 12.3. The molecule has 0 aromatic heterocycles. The number of amides is 1. The molecule has 2 bridgehead atoms. The Labute approximate surface area is 221 Å². The lowest BCUT2D eigenvalue weighted by Gasteiger charge is -2.20. The molecule has 1 saturated carbocycles. The van der Waals surface area contributed by atoms with Crippen LogP contribution in [0, 0.1) is 17.7 Å². The van der Waals surface area contributed by atoms with Crippen molar-refractivity contribution in [2.75, 3.05) is 12.8 Å². The molecule has 4 rings (SSSR count). The summed E-state index contributed by atoms with van der Waals surface area (Å²) >= 11 is 0. The standard InChI is InChI=1S/C30H39FN2O3S/c1-21(34)33-30-20-26-18-23(15-16-32-30)9-6-12-28(26)24-13-14-25(29(31)19-24)17-22-7-3-4-10-27(11-5-8-22)37(2,35)36/h6,9,12-14,19-20,22-23,27H,3-5,7-8,10-11,15-18H2,1-2H3,(H,32,33,34). The number of nitrogens with zero attached hydrogens (tertiary/aromatic N) is 1. The Bertz CT molecular complexity index is 1230. The van der Waals surface area contributed by atoms with Gasteiger partial charge in [0.2, 0.25) is 5.91 Å². The maximum Gasteiger partial charge on any atom is 0.222 e. The van der Waals surface area contributed by atoms with Gasteiger partial charge in [0, 0.05) is 19.7 Å². The number of fused-ring (bicyclic) bond motifs is 2. The number of hydrogen-bond donors (Lipinski definition) is 1. The van der Waals surface area contributed by atoms with Crippen LogP contribution in [0.3, 0.4) is 0 Å². The zero-order chi connectivity index (χ0) is 26.4. The van der Waals surface area contributed by atoms with Crippen LogP contribution in [-0.4, -0.2) is 38.2 Å². The van der Waals surface area contributed by atoms with Crippen molar-refractivity contribution in [3.05, 3.63) is 65.0 Å². The fraction of sp³-hybridized carbons (Fsp3) is 0.533. The minimum Gasteiger partial charge on any atom is -0.311 e. The Balaban J connectivity index is 1.50. The van der Waals surface area contributed by atoms with Gasteiger partial charge >= 0.3 is 0 Å². The monoisotopic (exact) mass is 526 g/mol. The van der Waals surface area contributed by atoms with Crippen molar-refractivity contribution in [3.63, 3.8) is 0 Å². The van der Waals surface area contributed by atoms with Crippen molar-refractivity contribution < 1.29 is 17.6 Å². The van der Waals surface area contributed by atoms with E-state index in [1.807, 2.05) is 24.3 Å². The maximum absolute atomic E-state index is 15.4. The van der Waals surface area contributed by atoms with Crippen LogP contribution in [0.1, 0.15) is 75.8 Å². The summed E-state index contributed by atoms with van der Waals surface area (Å²) in [6.45, 7) is 2.13. The molecule has 3 atom stereocenters. The zero-order valence-electron chi connectivity index (χ0n) is 22.0. The van der Waals surface area contributed by atoms with Gasteiger partial charge in [-0.15, -0.1) is 0 Å². The summed E-state index contributed by atoms with van der Waals surface area (Å²) in [4.78, 5) is 16.2. The minimum atomic E-state index is -3.01. The van der Waals surface area contributed by atoms with Gasteiger partial charge in [-0.2, -0.15) is 0 Å². The number of hydrogen-bond acceptors (Lipinski definition) is 4. The van der Waals surface area contributed by atoms with Gasteiger partial charge in [-0.1, -0.05) is 62.5 Å². The third kappa shape index (κ3) is 7.73. The molecule has 2 aliphatic carbocycles. The number of amidine groups is 1. The van der Waals surface area contributed by atoms with Gasteiger partial charge in [0.05, 0.1) is 5.25 Å². The summed E-state index contributed by atoms with van der Waals surface area (Å²) in [5.41, 5.74) is 3.55. The summed E-state index contributed by atoms with van der Waals surface area (Å²) in [5.74, 6) is 0.933. The first-order valence-corrected chi connectivity index (χ1v) is 15.5. The number of carbonyl (C=O) groups is 1. The van der Waals surface area contributed by atoms with Crippen molar-refractivity contribution in [1.82, 2.24) is 5.32 Å². The maximum atomic E-state index is 15.4. The van der Waals surface area contributed by atoms with Gasteiger partial charge in [-0.05, 0) is 78.4 Å². The summed E-state index contributed by atoms with van der Waals surface area (Å²) in [7, 11) is -3.01. The van der Waals surface area contributed by atoms with E-state index in [4.69, 9.17) is 0 Å². The van der Waals surface area contributed by atoms with Crippen molar-refractivity contribution >= 4 is 27.2 Å². The number of halogens is 1. The van der Waals surface area contributed by atoms with E-state index in [1.54, 1.807) is 6.07 Å². The highest BCUT2D eigenvalue weighted by atomic mass is 32.2. The van der Waals surface area contributed by atoms with Crippen molar-refractivity contribution in [2.24, 2.45) is 16.8 Å². The van der Waals surface area contributed by atoms with E-state index in [0.29, 0.717) is 37.1 Å². The molecule has 1 aromatic carbocycles. The fourth-order valence-electron chi connectivity index (χ4n) is 5.86. The molecule has 0 spiro atoms. The van der Waals surface area contributed by atoms with Crippen molar-refractivity contribution in [3.8, 4) is 0 Å². The van der Waals surface area contributed by atoms with Crippen LogP contribution in [0.25, 0.3) is 5.57 Å². The Hall–Kier alpha value is -2.54. The third-order valence-electron chi connectivity index (χ3n) is 7.88. The molecule has 1 amide bonds. The number of nitrogens with one attached hydrogen (secondary N) is 1. The smallest absolute Gasteiger partial charge is 0.222 e. The zero-order valence-corrected chi connectivity index (χ0v) is 22.8. The second-order valence-corrected chi connectivity index (χ2v) is 13.2. The SMILES string of the molecule is CC(=O)NC1=NCCC2C=CC=C(c3ccc(CC4CCCCC(S(C)(=O)=O)CCC4)c(F)c3)C(=C1)C2. The molecule has 3 aliphatic rings. The van der Waals surface area contributed by atoms with Crippen LogP contribution in [0.15, 0.2) is 53.1 Å². The number of benzene rings is 1. The molecule has 200 valence electrons. The fourth-order valence-corrected chi connectivity index (χ4v) is 7.05. The summed E-state index contributed by atoms with van der Waals surface area (Å²) in [6.07, 6.45) is 18.1. The molecule has 0 saturated heterocycles. The van der Waals surface area contributed by atoms with Gasteiger partial charge in [0.1, 0.15) is 21.5 Å². The van der Waals surface area contributed by atoms with Crippen LogP contribution < -0.4 is 5.32 Å². The molecule has 37 heavy (non-hydrogen) atoms. The lowest BCUT2D eigenvalue weighted by atomic mass is 9.87. The number of sulfone groups is 1. The Kier molecular flexibility index (Phi) is 9.17. The number of carbonyl (C=O) groups excluding carboxylic acids is 1. The summed E-state index contributed by atoms with van der Waals surface area (Å²) in [5, 5.41) is 2.58. The quantitative estimate of drug-likeness (QED) is 0.526. The largest absolute Gasteiger partial charge is 0.311 e. The van der Waals surface area contributed by atoms with E-state index in [0.717, 1.165) is 73.6 Å². The van der Waals surface area contributed by atoms with E-state index >= 15 is 4.39 Å².